The number of anilines is 1. The first-order valence-electron chi connectivity index (χ1n) is 8.21. The van der Waals surface area contributed by atoms with Crippen molar-refractivity contribution in [3.05, 3.63) is 64.5 Å². The number of nitrogens with zero attached hydrogens (tertiary/aromatic N) is 2. The molecule has 148 valence electrons. The predicted molar refractivity (Wildman–Crippen MR) is 106 cm³/mol. The van der Waals surface area contributed by atoms with Gasteiger partial charge < -0.3 is 15.0 Å². The van der Waals surface area contributed by atoms with Gasteiger partial charge in [0.1, 0.15) is 34.3 Å². The van der Waals surface area contributed by atoms with Gasteiger partial charge in [0, 0.05) is 16.8 Å². The van der Waals surface area contributed by atoms with Crippen molar-refractivity contribution in [2.24, 2.45) is 0 Å². The van der Waals surface area contributed by atoms with Crippen molar-refractivity contribution in [2.45, 2.75) is 18.0 Å². The molecule has 3 N–H and O–H groups in total. The van der Waals surface area contributed by atoms with Gasteiger partial charge in [-0.25, -0.2) is 23.3 Å². The molecule has 0 saturated carbocycles. The number of H-pyrrole nitrogens is 1. The fourth-order valence-corrected chi connectivity index (χ4v) is 3.39. The number of methoxy groups -OCH3 is 1. The maximum absolute atomic E-state index is 13.6. The Morgan fingerprint density at radius 3 is 2.71 bits per heavy atom. The van der Waals surface area contributed by atoms with Crippen molar-refractivity contribution in [3.8, 4) is 5.75 Å². The van der Waals surface area contributed by atoms with E-state index in [2.05, 4.69) is 20.3 Å². The molecule has 2 heterocycles. The summed E-state index contributed by atoms with van der Waals surface area (Å²) in [5.74, 6) is 0.928. The second-order valence-corrected chi connectivity index (χ2v) is 8.77. The molecule has 7 nitrogen and oxygen atoms in total. The fourth-order valence-electron chi connectivity index (χ4n) is 2.66. The summed E-state index contributed by atoms with van der Waals surface area (Å²) >= 11 is 6.18. The van der Waals surface area contributed by atoms with Gasteiger partial charge in [0.2, 0.25) is 0 Å². The van der Waals surface area contributed by atoms with Gasteiger partial charge in [-0.1, -0.05) is 11.6 Å². The van der Waals surface area contributed by atoms with Crippen LogP contribution in [0.3, 0.4) is 0 Å². The molecule has 3 rings (SSSR count). The molecular formula is C18H19ClFN5O2S. The molecule has 0 bridgehead atoms. The van der Waals surface area contributed by atoms with Crippen LogP contribution in [0.4, 0.5) is 10.2 Å². The third-order valence-electron chi connectivity index (χ3n) is 4.08. The number of ether oxygens (including phenoxy) is 1. The number of hydrogen-bond acceptors (Lipinski definition) is 6. The standard InChI is InChI=1S/C18H19ClFN5O2S/c1-10-13(20)5-7-15(23-10)24-17(12-8-11(19)4-6-14(12)27-2)18-22-9-16(25-18)28(3,21)26/h4-9,17,21H,1-3H3,(H,22,25)(H,23,24)/t17?,28-/m1/s1. The highest BCUT2D eigenvalue weighted by Crippen LogP contribution is 2.34. The van der Waals surface area contributed by atoms with Gasteiger partial charge in [-0.3, -0.25) is 0 Å². The van der Waals surface area contributed by atoms with E-state index < -0.39 is 21.6 Å². The predicted octanol–water partition coefficient (Wildman–Crippen LogP) is 4.15. The Morgan fingerprint density at radius 1 is 1.36 bits per heavy atom. The second kappa shape index (κ2) is 7.76. The molecule has 10 heteroatoms. The summed E-state index contributed by atoms with van der Waals surface area (Å²) in [6, 6.07) is 7.31. The highest BCUT2D eigenvalue weighted by molar-refractivity contribution is 7.91. The van der Waals surface area contributed by atoms with E-state index in [1.165, 1.54) is 31.7 Å². The molecule has 0 radical (unpaired) electrons. The van der Waals surface area contributed by atoms with Crippen LogP contribution < -0.4 is 10.1 Å². The molecule has 2 atom stereocenters. The van der Waals surface area contributed by atoms with Gasteiger partial charge in [-0.2, -0.15) is 0 Å². The van der Waals surface area contributed by atoms with Crippen LogP contribution in [-0.2, 0) is 9.73 Å². The van der Waals surface area contributed by atoms with Gasteiger partial charge in [0.15, 0.2) is 0 Å². The van der Waals surface area contributed by atoms with Crippen LogP contribution in [0.5, 0.6) is 5.75 Å². The first kappa shape index (κ1) is 20.1. The van der Waals surface area contributed by atoms with Crippen molar-refractivity contribution >= 4 is 27.1 Å². The number of rotatable bonds is 6. The normalized spacial score (nSPS) is 14.3. The lowest BCUT2D eigenvalue weighted by Gasteiger charge is -2.21. The second-order valence-electron chi connectivity index (χ2n) is 6.20. The number of aryl methyl sites for hydroxylation is 1. The average Bonchev–Trinajstić information content (AvgIpc) is 3.13. The topological polar surface area (TPSA) is 104 Å². The number of hydrogen-bond donors (Lipinski definition) is 3. The van der Waals surface area contributed by atoms with Crippen LogP contribution in [0, 0.1) is 17.5 Å². The number of halogens is 2. The SMILES string of the molecule is COc1ccc(Cl)cc1C(Nc1ccc(F)c(C)n1)c1ncc([S@](C)(=N)=O)[nH]1. The molecule has 1 aromatic carbocycles. The van der Waals surface area contributed by atoms with Crippen molar-refractivity contribution < 1.29 is 13.3 Å². The molecule has 2 aromatic heterocycles. The van der Waals surface area contributed by atoms with Crippen LogP contribution in [0.25, 0.3) is 0 Å². The molecule has 1 unspecified atom stereocenters. The van der Waals surface area contributed by atoms with Crippen LogP contribution >= 0.6 is 11.6 Å². The largest absolute Gasteiger partial charge is 0.496 e. The Balaban J connectivity index is 2.12. The summed E-state index contributed by atoms with van der Waals surface area (Å²) in [5, 5.41) is 3.86. The third kappa shape index (κ3) is 4.26. The fraction of sp³-hybridized carbons (Fsp3) is 0.222. The zero-order valence-corrected chi connectivity index (χ0v) is 17.0. The summed E-state index contributed by atoms with van der Waals surface area (Å²) < 4.78 is 38.8. The van der Waals surface area contributed by atoms with E-state index >= 15 is 0 Å². The summed E-state index contributed by atoms with van der Waals surface area (Å²) in [6.07, 6.45) is 2.66. The summed E-state index contributed by atoms with van der Waals surface area (Å²) in [6.45, 7) is 1.56. The first-order valence-corrected chi connectivity index (χ1v) is 10.6. The van der Waals surface area contributed by atoms with Gasteiger partial charge in [0.25, 0.3) is 0 Å². The molecule has 0 aliphatic carbocycles. The monoisotopic (exact) mass is 423 g/mol. The highest BCUT2D eigenvalue weighted by Gasteiger charge is 2.23. The third-order valence-corrected chi connectivity index (χ3v) is 5.36. The molecule has 0 aliphatic rings. The number of aromatic amines is 1. The van der Waals surface area contributed by atoms with E-state index in [4.69, 9.17) is 21.1 Å². The zero-order chi connectivity index (χ0) is 20.5. The molecule has 3 aromatic rings. The van der Waals surface area contributed by atoms with E-state index in [-0.39, 0.29) is 10.7 Å². The van der Waals surface area contributed by atoms with Crippen LogP contribution in [0.2, 0.25) is 5.02 Å². The maximum Gasteiger partial charge on any atom is 0.144 e. The van der Waals surface area contributed by atoms with Crippen molar-refractivity contribution in [1.82, 2.24) is 15.0 Å². The van der Waals surface area contributed by atoms with E-state index in [0.717, 1.165) is 0 Å². The van der Waals surface area contributed by atoms with Crippen LogP contribution in [-0.4, -0.2) is 32.5 Å². The minimum absolute atomic E-state index is 0.193. The molecule has 28 heavy (non-hydrogen) atoms. The minimum Gasteiger partial charge on any atom is -0.496 e. The Bertz CT molecular complexity index is 1120. The summed E-state index contributed by atoms with van der Waals surface area (Å²) in [7, 11) is -1.45. The highest BCUT2D eigenvalue weighted by atomic mass is 35.5. The minimum atomic E-state index is -2.98. The number of pyridine rings is 1. The van der Waals surface area contributed by atoms with Crippen LogP contribution in [0.15, 0.2) is 41.6 Å². The number of aromatic nitrogens is 3. The lowest BCUT2D eigenvalue weighted by atomic mass is 10.0. The van der Waals surface area contributed by atoms with Crippen molar-refractivity contribution in [1.29, 1.82) is 4.78 Å². The zero-order valence-electron chi connectivity index (χ0n) is 15.4. The Kier molecular flexibility index (Phi) is 5.57. The van der Waals surface area contributed by atoms with E-state index in [0.29, 0.717) is 28.0 Å². The smallest absolute Gasteiger partial charge is 0.144 e. The quantitative estimate of drug-likeness (QED) is 0.552. The summed E-state index contributed by atoms with van der Waals surface area (Å²) in [4.78, 5) is 11.4. The Hall–Kier alpha value is -2.65. The van der Waals surface area contributed by atoms with Crippen LogP contribution in [0.1, 0.15) is 23.1 Å². The van der Waals surface area contributed by atoms with E-state index in [1.807, 2.05) is 0 Å². The maximum atomic E-state index is 13.6. The number of nitrogens with one attached hydrogen (secondary N) is 3. The summed E-state index contributed by atoms with van der Waals surface area (Å²) in [5.41, 5.74) is 0.886. The molecule has 0 spiro atoms. The molecule has 0 saturated heterocycles. The molecule has 0 amide bonds. The number of benzene rings is 1. The molecule has 0 aliphatic heterocycles. The van der Waals surface area contributed by atoms with Gasteiger partial charge in [-0.15, -0.1) is 0 Å². The van der Waals surface area contributed by atoms with Gasteiger partial charge in [-0.05, 0) is 37.3 Å². The average molecular weight is 424 g/mol. The van der Waals surface area contributed by atoms with Gasteiger partial charge in [0.05, 0.1) is 28.7 Å². The lowest BCUT2D eigenvalue weighted by molar-refractivity contribution is 0.408. The number of imidazole rings is 1. The van der Waals surface area contributed by atoms with Crippen molar-refractivity contribution in [3.63, 3.8) is 0 Å². The van der Waals surface area contributed by atoms with E-state index in [9.17, 15) is 8.60 Å². The molecular weight excluding hydrogens is 405 g/mol. The Labute approximate surface area is 167 Å². The van der Waals surface area contributed by atoms with Crippen molar-refractivity contribution in [2.75, 3.05) is 18.7 Å². The van der Waals surface area contributed by atoms with E-state index in [1.54, 1.807) is 25.1 Å². The molecule has 0 fully saturated rings. The lowest BCUT2D eigenvalue weighted by Crippen LogP contribution is -2.16. The first-order chi connectivity index (χ1) is 13.2. The Morgan fingerprint density at radius 2 is 2.11 bits per heavy atom. The van der Waals surface area contributed by atoms with Gasteiger partial charge >= 0.3 is 0 Å².